The molecule has 0 saturated heterocycles. The zero-order chi connectivity index (χ0) is 22.5. The molecule has 32 heavy (non-hydrogen) atoms. The second-order valence-corrected chi connectivity index (χ2v) is 7.67. The van der Waals surface area contributed by atoms with Crippen molar-refractivity contribution >= 4 is 23.2 Å². The molecule has 2 heterocycles. The Kier molecular flexibility index (Phi) is 6.51. The molecule has 0 radical (unpaired) electrons. The van der Waals surface area contributed by atoms with Crippen LogP contribution in [0.5, 0.6) is 5.75 Å². The number of hydrogen-bond acceptors (Lipinski definition) is 5. The number of nitrogens with zero attached hydrogens (tertiary/aromatic N) is 4. The number of carbonyl (C=O) groups is 1. The molecule has 9 heteroatoms. The molecule has 0 spiro atoms. The summed E-state index contributed by atoms with van der Waals surface area (Å²) in [5, 5.41) is 11.7. The van der Waals surface area contributed by atoms with Gasteiger partial charge in [0.15, 0.2) is 0 Å². The molecule has 4 rings (SSSR count). The topological polar surface area (TPSA) is 90.5 Å². The number of fused-ring (bicyclic) bond motifs is 1. The lowest BCUT2D eigenvalue weighted by Crippen LogP contribution is -2.22. The molecule has 0 unspecified atom stereocenters. The molecule has 2 aromatic carbocycles. The normalized spacial score (nSPS) is 10.9. The van der Waals surface area contributed by atoms with E-state index in [-0.39, 0.29) is 17.1 Å². The third kappa shape index (κ3) is 4.81. The van der Waals surface area contributed by atoms with Gasteiger partial charge in [-0.3, -0.25) is 18.6 Å². The molecule has 8 nitrogen and oxygen atoms in total. The smallest absolute Gasteiger partial charge is 0.300 e. The van der Waals surface area contributed by atoms with E-state index in [4.69, 9.17) is 16.3 Å². The maximum atomic E-state index is 12.8. The second-order valence-electron chi connectivity index (χ2n) is 7.24. The van der Waals surface area contributed by atoms with Gasteiger partial charge in [0.05, 0.1) is 7.11 Å². The molecule has 0 aliphatic rings. The maximum Gasteiger partial charge on any atom is 0.300 e. The van der Waals surface area contributed by atoms with Crippen LogP contribution in [-0.4, -0.2) is 32.2 Å². The Morgan fingerprint density at radius 3 is 2.53 bits per heavy atom. The lowest BCUT2D eigenvalue weighted by Gasteiger charge is -2.07. The minimum atomic E-state index is -0.272. The summed E-state index contributed by atoms with van der Waals surface area (Å²) in [7, 11) is 1.62. The highest BCUT2D eigenvalue weighted by Crippen LogP contribution is 2.13. The molecule has 4 aromatic rings. The van der Waals surface area contributed by atoms with Crippen molar-refractivity contribution in [1.82, 2.24) is 24.5 Å². The van der Waals surface area contributed by atoms with Crippen molar-refractivity contribution < 1.29 is 9.53 Å². The summed E-state index contributed by atoms with van der Waals surface area (Å²) in [6.45, 7) is 0.459. The first-order valence-electron chi connectivity index (χ1n) is 10.2. The van der Waals surface area contributed by atoms with Crippen LogP contribution in [0.1, 0.15) is 24.2 Å². The molecular formula is C23H22ClN5O3. The van der Waals surface area contributed by atoms with E-state index < -0.39 is 0 Å². The summed E-state index contributed by atoms with van der Waals surface area (Å²) in [5.41, 5.74) is 1.66. The van der Waals surface area contributed by atoms with Gasteiger partial charge in [0.2, 0.25) is 11.6 Å². The van der Waals surface area contributed by atoms with Crippen LogP contribution in [-0.2, 0) is 17.8 Å². The van der Waals surface area contributed by atoms with Crippen LogP contribution in [0.2, 0.25) is 5.02 Å². The fraction of sp³-hybridized carbons (Fsp3) is 0.217. The molecule has 164 valence electrons. The third-order valence-corrected chi connectivity index (χ3v) is 5.35. The molecule has 1 amide bonds. The van der Waals surface area contributed by atoms with E-state index >= 15 is 0 Å². The average Bonchev–Trinajstić information content (AvgIpc) is 3.23. The summed E-state index contributed by atoms with van der Waals surface area (Å²) >= 11 is 5.92. The van der Waals surface area contributed by atoms with Crippen LogP contribution in [0.25, 0.3) is 11.3 Å². The van der Waals surface area contributed by atoms with Crippen molar-refractivity contribution in [3.8, 4) is 11.4 Å². The SMILES string of the molecule is COc1ccc(CNC(=O)CCCc2nnc3c(=O)n(-c4ccc(Cl)cc4)ccn23)cc1. The number of methoxy groups -OCH3 is 1. The van der Waals surface area contributed by atoms with Gasteiger partial charge in [-0.1, -0.05) is 23.7 Å². The zero-order valence-corrected chi connectivity index (χ0v) is 18.2. The Morgan fingerprint density at radius 1 is 1.06 bits per heavy atom. The third-order valence-electron chi connectivity index (χ3n) is 5.10. The van der Waals surface area contributed by atoms with E-state index in [1.807, 2.05) is 24.3 Å². The van der Waals surface area contributed by atoms with E-state index in [9.17, 15) is 9.59 Å². The van der Waals surface area contributed by atoms with Crippen molar-refractivity contribution in [3.63, 3.8) is 0 Å². The van der Waals surface area contributed by atoms with Crippen molar-refractivity contribution in [3.05, 3.63) is 87.7 Å². The Hall–Kier alpha value is -3.65. The summed E-state index contributed by atoms with van der Waals surface area (Å²) in [6, 6.07) is 14.5. The van der Waals surface area contributed by atoms with Gasteiger partial charge in [-0.25, -0.2) is 0 Å². The first-order valence-corrected chi connectivity index (χ1v) is 10.5. The van der Waals surface area contributed by atoms with Gasteiger partial charge in [0, 0.05) is 42.5 Å². The van der Waals surface area contributed by atoms with E-state index in [1.165, 1.54) is 4.57 Å². The summed E-state index contributed by atoms with van der Waals surface area (Å²) in [4.78, 5) is 25.0. The molecule has 0 bridgehead atoms. The number of aryl methyl sites for hydroxylation is 1. The van der Waals surface area contributed by atoms with Gasteiger partial charge in [0.1, 0.15) is 11.6 Å². The van der Waals surface area contributed by atoms with Crippen LogP contribution >= 0.6 is 11.6 Å². The number of aromatic nitrogens is 4. The van der Waals surface area contributed by atoms with Crippen molar-refractivity contribution in [1.29, 1.82) is 0 Å². The summed E-state index contributed by atoms with van der Waals surface area (Å²) < 4.78 is 8.30. The minimum Gasteiger partial charge on any atom is -0.497 e. The average molecular weight is 452 g/mol. The van der Waals surface area contributed by atoms with Crippen molar-refractivity contribution in [2.75, 3.05) is 7.11 Å². The lowest BCUT2D eigenvalue weighted by atomic mass is 10.2. The van der Waals surface area contributed by atoms with Gasteiger partial charge in [-0.05, 0) is 48.4 Å². The predicted molar refractivity (Wildman–Crippen MR) is 121 cm³/mol. The minimum absolute atomic E-state index is 0.0419. The number of nitrogens with one attached hydrogen (secondary N) is 1. The standard InChI is InChI=1S/C23H22ClN5O3/c1-32-19-11-5-16(6-12-19)15-25-21(30)4-2-3-20-26-27-22-23(31)28(13-14-29(20)22)18-9-7-17(24)8-10-18/h5-14H,2-4,15H2,1H3,(H,25,30). The van der Waals surface area contributed by atoms with Gasteiger partial charge in [-0.2, -0.15) is 0 Å². The molecule has 2 aromatic heterocycles. The molecule has 0 saturated carbocycles. The van der Waals surface area contributed by atoms with E-state index in [0.29, 0.717) is 42.3 Å². The van der Waals surface area contributed by atoms with E-state index in [0.717, 1.165) is 11.3 Å². The molecule has 0 aliphatic carbocycles. The Morgan fingerprint density at radius 2 is 1.81 bits per heavy atom. The van der Waals surface area contributed by atoms with Gasteiger partial charge >= 0.3 is 5.56 Å². The lowest BCUT2D eigenvalue weighted by molar-refractivity contribution is -0.121. The van der Waals surface area contributed by atoms with Crippen LogP contribution in [0.4, 0.5) is 0 Å². The molecule has 0 atom stereocenters. The van der Waals surface area contributed by atoms with E-state index in [2.05, 4.69) is 15.5 Å². The predicted octanol–water partition coefficient (Wildman–Crippen LogP) is 3.18. The van der Waals surface area contributed by atoms with Gasteiger partial charge < -0.3 is 10.1 Å². The van der Waals surface area contributed by atoms with Gasteiger partial charge in [0.25, 0.3) is 0 Å². The first-order chi connectivity index (χ1) is 15.5. The van der Waals surface area contributed by atoms with Crippen molar-refractivity contribution in [2.24, 2.45) is 0 Å². The molecule has 0 aliphatic heterocycles. The highest BCUT2D eigenvalue weighted by atomic mass is 35.5. The first kappa shape index (κ1) is 21.6. The zero-order valence-electron chi connectivity index (χ0n) is 17.5. The maximum absolute atomic E-state index is 12.8. The summed E-state index contributed by atoms with van der Waals surface area (Å²) in [5.74, 6) is 1.38. The van der Waals surface area contributed by atoms with Crippen molar-refractivity contribution in [2.45, 2.75) is 25.8 Å². The van der Waals surface area contributed by atoms with Crippen LogP contribution < -0.4 is 15.6 Å². The highest BCUT2D eigenvalue weighted by Gasteiger charge is 2.12. The molecular weight excluding hydrogens is 430 g/mol. The monoisotopic (exact) mass is 451 g/mol. The number of hydrogen-bond donors (Lipinski definition) is 1. The Balaban J connectivity index is 1.35. The van der Waals surface area contributed by atoms with E-state index in [1.54, 1.807) is 48.2 Å². The quantitative estimate of drug-likeness (QED) is 0.444. The van der Waals surface area contributed by atoms with Crippen LogP contribution in [0.15, 0.2) is 65.7 Å². The van der Waals surface area contributed by atoms with Crippen LogP contribution in [0, 0.1) is 0 Å². The summed E-state index contributed by atoms with van der Waals surface area (Å²) in [6.07, 6.45) is 4.90. The Labute approximate surface area is 189 Å². The number of amides is 1. The number of ether oxygens (including phenoxy) is 1. The highest BCUT2D eigenvalue weighted by molar-refractivity contribution is 6.30. The van der Waals surface area contributed by atoms with Gasteiger partial charge in [-0.15, -0.1) is 10.2 Å². The molecule has 1 N–H and O–H groups in total. The largest absolute Gasteiger partial charge is 0.497 e. The fourth-order valence-electron chi connectivity index (χ4n) is 3.35. The number of benzene rings is 2. The molecule has 0 fully saturated rings. The second kappa shape index (κ2) is 9.65. The van der Waals surface area contributed by atoms with Crippen LogP contribution in [0.3, 0.4) is 0 Å². The number of carbonyl (C=O) groups excluding carboxylic acids is 1. The number of halogens is 1. The Bertz CT molecular complexity index is 1280. The fourth-order valence-corrected chi connectivity index (χ4v) is 3.48. The number of rotatable bonds is 8.